The fourth-order valence-corrected chi connectivity index (χ4v) is 2.48. The number of halogens is 1. The molecular formula is C16H13FN2O2. The molecule has 0 radical (unpaired) electrons. The second kappa shape index (κ2) is 4.70. The van der Waals surface area contributed by atoms with Crippen molar-refractivity contribution >= 4 is 23.1 Å². The van der Waals surface area contributed by atoms with Crippen molar-refractivity contribution in [2.24, 2.45) is 0 Å². The van der Waals surface area contributed by atoms with E-state index in [1.54, 1.807) is 30.1 Å². The van der Waals surface area contributed by atoms with Crippen LogP contribution in [0.1, 0.15) is 21.5 Å². The van der Waals surface area contributed by atoms with E-state index < -0.39 is 11.6 Å². The standard InChI is InChI=1S/C16H13FN2O2/c1-19-14-5-2-9(6-10(14)7-15(19)20)16(21)12-4-3-11(18)8-13(12)17/h2-6,8H,7,18H2,1H3. The fraction of sp³-hybridized carbons (Fsp3) is 0.125. The highest BCUT2D eigenvalue weighted by molar-refractivity contribution is 6.10. The van der Waals surface area contributed by atoms with Crippen molar-refractivity contribution in [2.45, 2.75) is 6.42 Å². The van der Waals surface area contributed by atoms with E-state index in [4.69, 9.17) is 5.73 Å². The molecule has 0 unspecified atom stereocenters. The molecule has 2 N–H and O–H groups in total. The molecule has 5 heteroatoms. The van der Waals surface area contributed by atoms with Gasteiger partial charge in [-0.15, -0.1) is 0 Å². The fourth-order valence-electron chi connectivity index (χ4n) is 2.48. The number of anilines is 2. The molecule has 1 aliphatic heterocycles. The van der Waals surface area contributed by atoms with Crippen LogP contribution in [0.4, 0.5) is 15.8 Å². The number of fused-ring (bicyclic) bond motifs is 1. The third kappa shape index (κ3) is 2.16. The van der Waals surface area contributed by atoms with Crippen LogP contribution >= 0.6 is 0 Å². The van der Waals surface area contributed by atoms with Gasteiger partial charge in [-0.25, -0.2) is 4.39 Å². The third-order valence-electron chi connectivity index (χ3n) is 3.66. The molecule has 106 valence electrons. The van der Waals surface area contributed by atoms with Crippen LogP contribution < -0.4 is 10.6 Å². The summed E-state index contributed by atoms with van der Waals surface area (Å²) in [7, 11) is 1.69. The normalized spacial score (nSPS) is 13.4. The number of hydrogen-bond donors (Lipinski definition) is 1. The molecule has 0 bridgehead atoms. The quantitative estimate of drug-likeness (QED) is 0.679. The average molecular weight is 284 g/mol. The molecule has 0 aliphatic carbocycles. The van der Waals surface area contributed by atoms with Gasteiger partial charge in [0.25, 0.3) is 0 Å². The Morgan fingerprint density at radius 3 is 2.71 bits per heavy atom. The molecule has 21 heavy (non-hydrogen) atoms. The largest absolute Gasteiger partial charge is 0.399 e. The van der Waals surface area contributed by atoms with E-state index in [-0.39, 0.29) is 23.6 Å². The monoisotopic (exact) mass is 284 g/mol. The summed E-state index contributed by atoms with van der Waals surface area (Å²) in [5, 5.41) is 0. The van der Waals surface area contributed by atoms with Crippen molar-refractivity contribution in [3.8, 4) is 0 Å². The number of hydrogen-bond acceptors (Lipinski definition) is 3. The summed E-state index contributed by atoms with van der Waals surface area (Å²) in [5.74, 6) is -1.08. The number of carbonyl (C=O) groups is 2. The van der Waals surface area contributed by atoms with Crippen molar-refractivity contribution in [3.05, 3.63) is 58.9 Å². The zero-order chi connectivity index (χ0) is 15.1. The maximum Gasteiger partial charge on any atom is 0.231 e. The maximum atomic E-state index is 13.8. The van der Waals surface area contributed by atoms with Crippen LogP contribution in [0.25, 0.3) is 0 Å². The Morgan fingerprint density at radius 1 is 1.24 bits per heavy atom. The van der Waals surface area contributed by atoms with Gasteiger partial charge in [-0.1, -0.05) is 0 Å². The van der Waals surface area contributed by atoms with Crippen molar-refractivity contribution < 1.29 is 14.0 Å². The van der Waals surface area contributed by atoms with E-state index in [2.05, 4.69) is 0 Å². The lowest BCUT2D eigenvalue weighted by atomic mass is 9.99. The van der Waals surface area contributed by atoms with E-state index in [0.29, 0.717) is 5.56 Å². The Hall–Kier alpha value is -2.69. The van der Waals surface area contributed by atoms with Gasteiger partial charge in [0, 0.05) is 24.0 Å². The van der Waals surface area contributed by atoms with Crippen molar-refractivity contribution in [3.63, 3.8) is 0 Å². The smallest absolute Gasteiger partial charge is 0.231 e. The number of nitrogen functional groups attached to an aromatic ring is 1. The van der Waals surface area contributed by atoms with E-state index in [0.717, 1.165) is 17.3 Å². The number of rotatable bonds is 2. The first-order valence-electron chi connectivity index (χ1n) is 6.46. The Balaban J connectivity index is 2.00. The number of amides is 1. The Morgan fingerprint density at radius 2 is 2.00 bits per heavy atom. The first-order chi connectivity index (χ1) is 9.97. The number of ketones is 1. The van der Waals surface area contributed by atoms with Gasteiger partial charge >= 0.3 is 0 Å². The lowest BCUT2D eigenvalue weighted by Crippen LogP contribution is -2.20. The molecule has 0 saturated heterocycles. The predicted molar refractivity (Wildman–Crippen MR) is 77.8 cm³/mol. The van der Waals surface area contributed by atoms with Crippen LogP contribution in [0.15, 0.2) is 36.4 Å². The van der Waals surface area contributed by atoms with Gasteiger partial charge in [0.1, 0.15) is 5.82 Å². The van der Waals surface area contributed by atoms with E-state index >= 15 is 0 Å². The Kier molecular flexibility index (Phi) is 2.97. The second-order valence-corrected chi connectivity index (χ2v) is 5.04. The average Bonchev–Trinajstić information content (AvgIpc) is 2.73. The van der Waals surface area contributed by atoms with Crippen LogP contribution in [0, 0.1) is 5.82 Å². The minimum absolute atomic E-state index is 0.0201. The first kappa shape index (κ1) is 13.3. The molecule has 0 fully saturated rings. The molecule has 0 spiro atoms. The van der Waals surface area contributed by atoms with Gasteiger partial charge in [-0.3, -0.25) is 9.59 Å². The van der Waals surface area contributed by atoms with Crippen LogP contribution in [-0.2, 0) is 11.2 Å². The van der Waals surface area contributed by atoms with Crippen LogP contribution in [0.2, 0.25) is 0 Å². The first-order valence-corrected chi connectivity index (χ1v) is 6.46. The van der Waals surface area contributed by atoms with Crippen molar-refractivity contribution in [1.29, 1.82) is 0 Å². The maximum absolute atomic E-state index is 13.8. The molecule has 0 atom stereocenters. The van der Waals surface area contributed by atoms with Crippen molar-refractivity contribution in [2.75, 3.05) is 17.7 Å². The Bertz CT molecular complexity index is 771. The number of likely N-dealkylation sites (N-methyl/N-ethyl adjacent to an activating group) is 1. The molecule has 1 aliphatic rings. The zero-order valence-corrected chi connectivity index (χ0v) is 11.4. The van der Waals surface area contributed by atoms with Crippen LogP contribution in [0.5, 0.6) is 0 Å². The minimum Gasteiger partial charge on any atom is -0.399 e. The summed E-state index contributed by atoms with van der Waals surface area (Å²) >= 11 is 0. The van der Waals surface area contributed by atoms with Crippen LogP contribution in [-0.4, -0.2) is 18.7 Å². The Labute approximate surface area is 121 Å². The highest BCUT2D eigenvalue weighted by Gasteiger charge is 2.25. The summed E-state index contributed by atoms with van der Waals surface area (Å²) in [6.45, 7) is 0. The molecule has 2 aromatic rings. The lowest BCUT2D eigenvalue weighted by molar-refractivity contribution is -0.117. The molecule has 3 rings (SSSR count). The predicted octanol–water partition coefficient (Wildman–Crippen LogP) is 2.16. The van der Waals surface area contributed by atoms with E-state index in [9.17, 15) is 14.0 Å². The topological polar surface area (TPSA) is 63.4 Å². The highest BCUT2D eigenvalue weighted by atomic mass is 19.1. The summed E-state index contributed by atoms with van der Waals surface area (Å²) in [4.78, 5) is 25.6. The van der Waals surface area contributed by atoms with Gasteiger partial charge in [-0.2, -0.15) is 0 Å². The van der Waals surface area contributed by atoms with Gasteiger partial charge in [0.05, 0.1) is 12.0 Å². The van der Waals surface area contributed by atoms with Gasteiger partial charge in [0.2, 0.25) is 5.91 Å². The molecule has 2 aromatic carbocycles. The molecule has 0 aromatic heterocycles. The van der Waals surface area contributed by atoms with E-state index in [1.165, 1.54) is 12.1 Å². The number of nitrogens with two attached hydrogens (primary N) is 1. The van der Waals surface area contributed by atoms with Crippen molar-refractivity contribution in [1.82, 2.24) is 0 Å². The number of nitrogens with zero attached hydrogens (tertiary/aromatic N) is 1. The summed E-state index contributed by atoms with van der Waals surface area (Å²) in [5.41, 5.74) is 7.65. The molecule has 1 heterocycles. The SMILES string of the molecule is CN1C(=O)Cc2cc(C(=O)c3ccc(N)cc3F)ccc21. The zero-order valence-electron chi connectivity index (χ0n) is 11.4. The minimum atomic E-state index is -0.645. The number of benzene rings is 2. The van der Waals surface area contributed by atoms with Gasteiger partial charge in [0.15, 0.2) is 5.78 Å². The van der Waals surface area contributed by atoms with Crippen LogP contribution in [0.3, 0.4) is 0 Å². The number of carbonyl (C=O) groups excluding carboxylic acids is 2. The third-order valence-corrected chi connectivity index (χ3v) is 3.66. The summed E-state index contributed by atoms with van der Waals surface area (Å²) < 4.78 is 13.8. The van der Waals surface area contributed by atoms with Gasteiger partial charge < -0.3 is 10.6 Å². The molecule has 4 nitrogen and oxygen atoms in total. The summed E-state index contributed by atoms with van der Waals surface area (Å²) in [6, 6.07) is 8.94. The molecule has 0 saturated carbocycles. The summed E-state index contributed by atoms with van der Waals surface area (Å²) in [6.07, 6.45) is 0.261. The van der Waals surface area contributed by atoms with Gasteiger partial charge in [-0.05, 0) is 42.0 Å². The molecular weight excluding hydrogens is 271 g/mol. The second-order valence-electron chi connectivity index (χ2n) is 5.04. The van der Waals surface area contributed by atoms with E-state index in [1.807, 2.05) is 0 Å². The molecule has 1 amide bonds. The highest BCUT2D eigenvalue weighted by Crippen LogP contribution is 2.29. The lowest BCUT2D eigenvalue weighted by Gasteiger charge is -2.10.